The predicted molar refractivity (Wildman–Crippen MR) is 157 cm³/mol. The first-order valence-corrected chi connectivity index (χ1v) is 14.0. The van der Waals surface area contributed by atoms with Crippen molar-refractivity contribution in [3.8, 4) is 28.1 Å². The number of carbonyl (C=O) groups excluding carboxylic acids is 1. The molecule has 5 rings (SSSR count). The monoisotopic (exact) mass is 541 g/mol. The minimum absolute atomic E-state index is 0.124. The van der Waals surface area contributed by atoms with E-state index in [0.717, 1.165) is 72.8 Å². The molecule has 0 bridgehead atoms. The fourth-order valence-corrected chi connectivity index (χ4v) is 5.00. The Balaban J connectivity index is 1.33. The molecule has 2 N–H and O–H groups in total. The van der Waals surface area contributed by atoms with Crippen molar-refractivity contribution in [2.45, 2.75) is 33.4 Å². The van der Waals surface area contributed by atoms with Gasteiger partial charge in [-0.05, 0) is 73.9 Å². The van der Waals surface area contributed by atoms with Gasteiger partial charge in [0.1, 0.15) is 12.4 Å². The number of aromatic nitrogens is 4. The summed E-state index contributed by atoms with van der Waals surface area (Å²) in [5, 5.41) is 15.6. The molecule has 0 unspecified atom stereocenters. The van der Waals surface area contributed by atoms with Gasteiger partial charge in [-0.15, -0.1) is 0 Å². The molecular weight excluding hydrogens is 502 g/mol. The zero-order chi connectivity index (χ0) is 28.1. The van der Waals surface area contributed by atoms with Crippen LogP contribution >= 0.6 is 0 Å². The van der Waals surface area contributed by atoms with E-state index < -0.39 is 0 Å². The number of amides is 1. The number of piperazine rings is 1. The maximum Gasteiger partial charge on any atom is 0.252 e. The van der Waals surface area contributed by atoms with E-state index in [2.05, 4.69) is 45.8 Å². The highest BCUT2D eigenvalue weighted by Gasteiger charge is 2.18. The van der Waals surface area contributed by atoms with Gasteiger partial charge in [0.05, 0.1) is 17.9 Å². The van der Waals surface area contributed by atoms with Gasteiger partial charge in [-0.1, -0.05) is 6.07 Å². The fourth-order valence-electron chi connectivity index (χ4n) is 5.00. The zero-order valence-corrected chi connectivity index (χ0v) is 23.9. The quantitative estimate of drug-likeness (QED) is 0.315. The van der Waals surface area contributed by atoms with Crippen molar-refractivity contribution in [1.29, 1.82) is 0 Å². The molecule has 2 aromatic heterocycles. The molecule has 0 saturated carbocycles. The predicted octanol–water partition coefficient (Wildman–Crippen LogP) is 4.05. The Kier molecular flexibility index (Phi) is 8.62. The Labute approximate surface area is 236 Å². The van der Waals surface area contributed by atoms with Crippen LogP contribution in [0.5, 0.6) is 5.75 Å². The lowest BCUT2D eigenvalue weighted by Crippen LogP contribution is -2.44. The third-order valence-electron chi connectivity index (χ3n) is 7.44. The summed E-state index contributed by atoms with van der Waals surface area (Å²) in [4.78, 5) is 15.9. The second-order valence-corrected chi connectivity index (χ2v) is 10.4. The molecular formula is C31H39N7O2. The molecule has 0 aliphatic carbocycles. The van der Waals surface area contributed by atoms with Crippen molar-refractivity contribution in [3.05, 3.63) is 77.7 Å². The minimum atomic E-state index is -0.229. The van der Waals surface area contributed by atoms with Gasteiger partial charge in [-0.2, -0.15) is 10.2 Å². The van der Waals surface area contributed by atoms with E-state index in [0.29, 0.717) is 17.9 Å². The Morgan fingerprint density at radius 3 is 2.62 bits per heavy atom. The highest BCUT2D eigenvalue weighted by atomic mass is 16.5. The van der Waals surface area contributed by atoms with Gasteiger partial charge in [0.2, 0.25) is 0 Å². The van der Waals surface area contributed by atoms with Crippen LogP contribution in [0.3, 0.4) is 0 Å². The standard InChI is InChI=1S/C31H39N7O2/c1-5-38-11-8-30(35-38)26-17-24(16-25(18-26)27-20-33-36(4)21-27)23(3)34-31(39)29-19-28(7-6-22(29)2)40-15-14-37-12-9-32-10-13-37/h6-8,11,16-21,23,32H,5,9-10,12-15H2,1-4H3,(H,34,39)/t23-/m1/s1. The summed E-state index contributed by atoms with van der Waals surface area (Å²) in [6.07, 6.45) is 5.83. The number of nitrogens with zero attached hydrogens (tertiary/aromatic N) is 5. The summed E-state index contributed by atoms with van der Waals surface area (Å²) < 4.78 is 9.74. The van der Waals surface area contributed by atoms with Crippen LogP contribution in [0.1, 0.15) is 41.4 Å². The van der Waals surface area contributed by atoms with Gasteiger partial charge < -0.3 is 15.4 Å². The number of hydrogen-bond acceptors (Lipinski definition) is 6. The molecule has 3 heterocycles. The first-order chi connectivity index (χ1) is 19.4. The molecule has 1 aliphatic heterocycles. The minimum Gasteiger partial charge on any atom is -0.492 e. The molecule has 4 aromatic rings. The average molecular weight is 542 g/mol. The van der Waals surface area contributed by atoms with Crippen LogP contribution in [0.2, 0.25) is 0 Å². The van der Waals surface area contributed by atoms with Crippen LogP contribution in [0.4, 0.5) is 0 Å². The molecule has 9 heteroatoms. The van der Waals surface area contributed by atoms with Crippen LogP contribution in [-0.2, 0) is 13.6 Å². The molecule has 1 saturated heterocycles. The summed E-state index contributed by atoms with van der Waals surface area (Å²) in [6.45, 7) is 12.4. The molecule has 2 aromatic carbocycles. The van der Waals surface area contributed by atoms with Crippen molar-refractivity contribution < 1.29 is 9.53 Å². The number of benzene rings is 2. The van der Waals surface area contributed by atoms with Gasteiger partial charge in [-0.25, -0.2) is 0 Å². The highest BCUT2D eigenvalue weighted by Crippen LogP contribution is 2.30. The van der Waals surface area contributed by atoms with Crippen molar-refractivity contribution in [3.63, 3.8) is 0 Å². The molecule has 1 atom stereocenters. The summed E-state index contributed by atoms with van der Waals surface area (Å²) in [6, 6.07) is 13.9. The molecule has 210 valence electrons. The molecule has 0 radical (unpaired) electrons. The van der Waals surface area contributed by atoms with E-state index in [4.69, 9.17) is 9.84 Å². The Morgan fingerprint density at radius 1 is 1.10 bits per heavy atom. The van der Waals surface area contributed by atoms with Gasteiger partial charge >= 0.3 is 0 Å². The van der Waals surface area contributed by atoms with E-state index >= 15 is 0 Å². The van der Waals surface area contributed by atoms with Crippen LogP contribution in [0.25, 0.3) is 22.4 Å². The fraction of sp³-hybridized carbons (Fsp3) is 0.387. The molecule has 1 amide bonds. The van der Waals surface area contributed by atoms with Crippen molar-refractivity contribution in [1.82, 2.24) is 35.1 Å². The summed E-state index contributed by atoms with van der Waals surface area (Å²) in [5.41, 5.74) is 6.47. The Hall–Kier alpha value is -3.95. The van der Waals surface area contributed by atoms with E-state index in [1.807, 2.05) is 68.4 Å². The maximum absolute atomic E-state index is 13.5. The van der Waals surface area contributed by atoms with Crippen molar-refractivity contribution >= 4 is 5.91 Å². The van der Waals surface area contributed by atoms with Crippen LogP contribution in [-0.4, -0.2) is 69.7 Å². The molecule has 40 heavy (non-hydrogen) atoms. The normalized spacial score (nSPS) is 14.7. The highest BCUT2D eigenvalue weighted by molar-refractivity contribution is 5.96. The van der Waals surface area contributed by atoms with Crippen molar-refractivity contribution in [2.75, 3.05) is 39.3 Å². The Morgan fingerprint density at radius 2 is 1.90 bits per heavy atom. The maximum atomic E-state index is 13.5. The summed E-state index contributed by atoms with van der Waals surface area (Å²) in [7, 11) is 1.91. The van der Waals surface area contributed by atoms with E-state index in [-0.39, 0.29) is 11.9 Å². The van der Waals surface area contributed by atoms with E-state index in [1.165, 1.54) is 0 Å². The second kappa shape index (κ2) is 12.5. The third kappa shape index (κ3) is 6.60. The molecule has 9 nitrogen and oxygen atoms in total. The topological polar surface area (TPSA) is 89.2 Å². The number of rotatable bonds is 10. The Bertz CT molecular complexity index is 1450. The number of aryl methyl sites for hydroxylation is 3. The van der Waals surface area contributed by atoms with Crippen LogP contribution < -0.4 is 15.4 Å². The number of carbonyl (C=O) groups is 1. The van der Waals surface area contributed by atoms with E-state index in [1.54, 1.807) is 4.68 Å². The van der Waals surface area contributed by atoms with Crippen LogP contribution in [0, 0.1) is 6.92 Å². The van der Waals surface area contributed by atoms with Gasteiger partial charge in [0.15, 0.2) is 0 Å². The summed E-state index contributed by atoms with van der Waals surface area (Å²) >= 11 is 0. The smallest absolute Gasteiger partial charge is 0.252 e. The molecule has 1 aliphatic rings. The average Bonchev–Trinajstić information content (AvgIpc) is 3.63. The third-order valence-corrected chi connectivity index (χ3v) is 7.44. The van der Waals surface area contributed by atoms with Gasteiger partial charge in [0, 0.05) is 75.4 Å². The number of hydrogen-bond donors (Lipinski definition) is 2. The van der Waals surface area contributed by atoms with E-state index in [9.17, 15) is 4.79 Å². The first-order valence-electron chi connectivity index (χ1n) is 14.0. The lowest BCUT2D eigenvalue weighted by Gasteiger charge is -2.27. The number of nitrogens with one attached hydrogen (secondary N) is 2. The molecule has 1 fully saturated rings. The number of ether oxygens (including phenoxy) is 1. The largest absolute Gasteiger partial charge is 0.492 e. The summed E-state index contributed by atoms with van der Waals surface area (Å²) in [5.74, 6) is 0.590. The lowest BCUT2D eigenvalue weighted by atomic mass is 9.96. The lowest BCUT2D eigenvalue weighted by molar-refractivity contribution is 0.0938. The first kappa shape index (κ1) is 27.6. The van der Waals surface area contributed by atoms with Gasteiger partial charge in [-0.3, -0.25) is 19.1 Å². The van der Waals surface area contributed by atoms with Crippen molar-refractivity contribution in [2.24, 2.45) is 7.05 Å². The SMILES string of the molecule is CCn1ccc(-c2cc(-c3cnn(C)c3)cc([C@@H](C)NC(=O)c3cc(OCCN4CCNCC4)ccc3C)c2)n1. The zero-order valence-electron chi connectivity index (χ0n) is 23.9. The second-order valence-electron chi connectivity index (χ2n) is 10.4. The molecule has 0 spiro atoms. The van der Waals surface area contributed by atoms with Gasteiger partial charge in [0.25, 0.3) is 5.91 Å². The van der Waals surface area contributed by atoms with Crippen LogP contribution in [0.15, 0.2) is 61.1 Å².